The molecule has 1 aromatic carbocycles. The molecule has 0 saturated heterocycles. The zero-order valence-corrected chi connectivity index (χ0v) is 15.3. The number of benzene rings is 1. The molecule has 0 aliphatic heterocycles. The molecule has 0 radical (unpaired) electrons. The van der Waals surface area contributed by atoms with Gasteiger partial charge in [0.05, 0.1) is 6.10 Å². The quantitative estimate of drug-likeness (QED) is 0.739. The molecule has 0 spiro atoms. The minimum absolute atomic E-state index is 0.0699. The Labute approximate surface area is 149 Å². The van der Waals surface area contributed by atoms with Gasteiger partial charge >= 0.3 is 6.03 Å². The number of anilines is 1. The molecule has 1 atom stereocenters. The van der Waals surface area contributed by atoms with E-state index in [0.29, 0.717) is 5.69 Å². The first-order valence-electron chi connectivity index (χ1n) is 9.07. The third kappa shape index (κ3) is 5.96. The highest BCUT2D eigenvalue weighted by atomic mass is 16.5. The van der Waals surface area contributed by atoms with Crippen molar-refractivity contribution in [3.63, 3.8) is 0 Å². The molecule has 6 heteroatoms. The predicted molar refractivity (Wildman–Crippen MR) is 98.8 cm³/mol. The molecule has 0 aromatic heterocycles. The molecule has 0 bridgehead atoms. The monoisotopic (exact) mass is 347 g/mol. The lowest BCUT2D eigenvalue weighted by molar-refractivity contribution is -0.125. The SMILES string of the molecule is CC[C@H](C)Oc1cccc(NC(=O)NC2CCC(C(=O)NC)CC2)c1. The minimum Gasteiger partial charge on any atom is -0.491 e. The first-order chi connectivity index (χ1) is 12.0. The number of amides is 3. The normalized spacial score (nSPS) is 21.1. The van der Waals surface area contributed by atoms with E-state index < -0.39 is 0 Å². The Morgan fingerprint density at radius 1 is 1.24 bits per heavy atom. The lowest BCUT2D eigenvalue weighted by Crippen LogP contribution is -2.42. The summed E-state index contributed by atoms with van der Waals surface area (Å²) in [5.74, 6) is 0.916. The van der Waals surface area contributed by atoms with E-state index in [0.717, 1.165) is 37.9 Å². The summed E-state index contributed by atoms with van der Waals surface area (Å²) in [6, 6.07) is 7.31. The third-order valence-electron chi connectivity index (χ3n) is 4.68. The fourth-order valence-electron chi connectivity index (χ4n) is 3.02. The van der Waals surface area contributed by atoms with Crippen LogP contribution in [0.4, 0.5) is 10.5 Å². The number of hydrogen-bond acceptors (Lipinski definition) is 3. The Kier molecular flexibility index (Phi) is 7.10. The molecule has 2 rings (SSSR count). The average molecular weight is 347 g/mol. The summed E-state index contributed by atoms with van der Waals surface area (Å²) in [7, 11) is 1.67. The number of carbonyl (C=O) groups is 2. The van der Waals surface area contributed by atoms with Gasteiger partial charge in [-0.25, -0.2) is 4.79 Å². The zero-order valence-electron chi connectivity index (χ0n) is 15.3. The van der Waals surface area contributed by atoms with Gasteiger partial charge in [0.15, 0.2) is 0 Å². The maximum absolute atomic E-state index is 12.2. The van der Waals surface area contributed by atoms with Crippen LogP contribution in [-0.2, 0) is 4.79 Å². The number of urea groups is 1. The van der Waals surface area contributed by atoms with Crippen LogP contribution in [0.1, 0.15) is 46.0 Å². The van der Waals surface area contributed by atoms with E-state index in [-0.39, 0.29) is 30.0 Å². The summed E-state index contributed by atoms with van der Waals surface area (Å²) >= 11 is 0. The molecule has 1 aromatic rings. The van der Waals surface area contributed by atoms with E-state index >= 15 is 0 Å². The highest BCUT2D eigenvalue weighted by Crippen LogP contribution is 2.24. The van der Waals surface area contributed by atoms with Crippen LogP contribution in [0.15, 0.2) is 24.3 Å². The average Bonchev–Trinajstić information content (AvgIpc) is 2.61. The van der Waals surface area contributed by atoms with Crippen molar-refractivity contribution in [1.29, 1.82) is 0 Å². The zero-order chi connectivity index (χ0) is 18.2. The number of ether oxygens (including phenoxy) is 1. The van der Waals surface area contributed by atoms with Crippen LogP contribution in [0.5, 0.6) is 5.75 Å². The molecule has 1 aliphatic rings. The number of carbonyl (C=O) groups excluding carboxylic acids is 2. The van der Waals surface area contributed by atoms with E-state index in [1.54, 1.807) is 7.05 Å². The minimum atomic E-state index is -0.218. The Morgan fingerprint density at radius 3 is 2.60 bits per heavy atom. The van der Waals surface area contributed by atoms with Crippen LogP contribution in [-0.4, -0.2) is 31.1 Å². The molecule has 0 unspecified atom stereocenters. The van der Waals surface area contributed by atoms with Gasteiger partial charge in [-0.05, 0) is 51.2 Å². The lowest BCUT2D eigenvalue weighted by Gasteiger charge is -2.28. The van der Waals surface area contributed by atoms with Crippen molar-refractivity contribution >= 4 is 17.6 Å². The van der Waals surface area contributed by atoms with Crippen LogP contribution in [0, 0.1) is 5.92 Å². The van der Waals surface area contributed by atoms with E-state index in [9.17, 15) is 9.59 Å². The second-order valence-electron chi connectivity index (χ2n) is 6.63. The molecule has 0 heterocycles. The van der Waals surface area contributed by atoms with Crippen LogP contribution >= 0.6 is 0 Å². The maximum atomic E-state index is 12.2. The Morgan fingerprint density at radius 2 is 1.96 bits per heavy atom. The van der Waals surface area contributed by atoms with Crippen molar-refractivity contribution in [1.82, 2.24) is 10.6 Å². The van der Waals surface area contributed by atoms with Crippen molar-refractivity contribution in [2.45, 2.75) is 58.1 Å². The van der Waals surface area contributed by atoms with E-state index in [4.69, 9.17) is 4.74 Å². The number of rotatable bonds is 6. The molecule has 6 nitrogen and oxygen atoms in total. The van der Waals surface area contributed by atoms with Gasteiger partial charge in [0.1, 0.15) is 5.75 Å². The Bertz CT molecular complexity index is 583. The van der Waals surface area contributed by atoms with Gasteiger partial charge in [-0.2, -0.15) is 0 Å². The van der Waals surface area contributed by atoms with Gasteiger partial charge in [-0.3, -0.25) is 4.79 Å². The van der Waals surface area contributed by atoms with Gasteiger partial charge in [0.25, 0.3) is 0 Å². The topological polar surface area (TPSA) is 79.5 Å². The molecular formula is C19H29N3O3. The largest absolute Gasteiger partial charge is 0.491 e. The molecular weight excluding hydrogens is 318 g/mol. The van der Waals surface area contributed by atoms with Crippen molar-refractivity contribution < 1.29 is 14.3 Å². The first kappa shape index (κ1) is 19.1. The molecule has 3 N–H and O–H groups in total. The van der Waals surface area contributed by atoms with Crippen molar-refractivity contribution in [2.24, 2.45) is 5.92 Å². The second kappa shape index (κ2) is 9.30. The Hall–Kier alpha value is -2.24. The summed E-state index contributed by atoms with van der Waals surface area (Å²) in [5, 5.41) is 8.55. The van der Waals surface area contributed by atoms with Gasteiger partial charge in [0, 0.05) is 30.8 Å². The van der Waals surface area contributed by atoms with Crippen molar-refractivity contribution in [3.05, 3.63) is 24.3 Å². The van der Waals surface area contributed by atoms with Crippen LogP contribution in [0.3, 0.4) is 0 Å². The van der Waals surface area contributed by atoms with Crippen LogP contribution < -0.4 is 20.7 Å². The number of hydrogen-bond donors (Lipinski definition) is 3. The second-order valence-corrected chi connectivity index (χ2v) is 6.63. The lowest BCUT2D eigenvalue weighted by atomic mass is 9.85. The third-order valence-corrected chi connectivity index (χ3v) is 4.68. The Balaban J connectivity index is 1.81. The summed E-state index contributed by atoms with van der Waals surface area (Å²) < 4.78 is 5.77. The van der Waals surface area contributed by atoms with Gasteiger partial charge < -0.3 is 20.7 Å². The van der Waals surface area contributed by atoms with Gasteiger partial charge in [-0.1, -0.05) is 13.0 Å². The highest BCUT2D eigenvalue weighted by Gasteiger charge is 2.26. The maximum Gasteiger partial charge on any atom is 0.319 e. The molecule has 25 heavy (non-hydrogen) atoms. The summed E-state index contributed by atoms with van der Waals surface area (Å²) in [4.78, 5) is 23.8. The van der Waals surface area contributed by atoms with Gasteiger partial charge in [-0.15, -0.1) is 0 Å². The fourth-order valence-corrected chi connectivity index (χ4v) is 3.02. The van der Waals surface area contributed by atoms with Crippen LogP contribution in [0.2, 0.25) is 0 Å². The molecule has 1 aliphatic carbocycles. The highest BCUT2D eigenvalue weighted by molar-refractivity contribution is 5.89. The van der Waals surface area contributed by atoms with Gasteiger partial charge in [0.2, 0.25) is 5.91 Å². The standard InChI is InChI=1S/C19H29N3O3/c1-4-13(2)25-17-7-5-6-16(12-17)22-19(24)21-15-10-8-14(9-11-15)18(23)20-3/h5-7,12-15H,4,8-11H2,1-3H3,(H,20,23)(H2,21,22,24)/t13-,14?,15?/m0/s1. The molecule has 1 fully saturated rings. The predicted octanol–water partition coefficient (Wildman–Crippen LogP) is 3.29. The fraction of sp³-hybridized carbons (Fsp3) is 0.579. The first-order valence-corrected chi connectivity index (χ1v) is 9.07. The summed E-state index contributed by atoms with van der Waals surface area (Å²) in [6.45, 7) is 4.08. The smallest absolute Gasteiger partial charge is 0.319 e. The molecule has 1 saturated carbocycles. The van der Waals surface area contributed by atoms with E-state index in [2.05, 4.69) is 22.9 Å². The van der Waals surface area contributed by atoms with E-state index in [1.165, 1.54) is 0 Å². The summed E-state index contributed by atoms with van der Waals surface area (Å²) in [5.41, 5.74) is 0.706. The van der Waals surface area contributed by atoms with Crippen molar-refractivity contribution in [2.75, 3.05) is 12.4 Å². The number of nitrogens with one attached hydrogen (secondary N) is 3. The van der Waals surface area contributed by atoms with E-state index in [1.807, 2.05) is 31.2 Å². The summed E-state index contributed by atoms with van der Waals surface area (Å²) in [6.07, 6.45) is 4.33. The molecule has 138 valence electrons. The van der Waals surface area contributed by atoms with Crippen LogP contribution in [0.25, 0.3) is 0 Å². The van der Waals surface area contributed by atoms with Crippen molar-refractivity contribution in [3.8, 4) is 5.75 Å². The molecule has 3 amide bonds.